The van der Waals surface area contributed by atoms with Gasteiger partial charge in [0.1, 0.15) is 5.60 Å². The average Bonchev–Trinajstić information content (AvgIpc) is 2.36. The van der Waals surface area contributed by atoms with Crippen molar-refractivity contribution in [3.8, 4) is 0 Å². The van der Waals surface area contributed by atoms with Crippen LogP contribution in [0.25, 0.3) is 0 Å². The molecule has 0 aliphatic carbocycles. The molecule has 0 saturated heterocycles. The molecule has 0 saturated carbocycles. The van der Waals surface area contributed by atoms with Gasteiger partial charge in [0.05, 0.1) is 5.57 Å². The zero-order chi connectivity index (χ0) is 15.6. The van der Waals surface area contributed by atoms with Crippen molar-refractivity contribution in [1.82, 2.24) is 5.32 Å². The molecule has 1 aliphatic rings. The average molecular weight is 287 g/mol. The molecule has 0 aromatic heterocycles. The molecular formula is C17H21NO3. The molecule has 1 amide bonds. The molecule has 1 N–H and O–H groups in total. The molecule has 112 valence electrons. The van der Waals surface area contributed by atoms with Crippen LogP contribution in [0.2, 0.25) is 0 Å². The Labute approximate surface area is 125 Å². The Hall–Kier alpha value is -2.10. The van der Waals surface area contributed by atoms with E-state index < -0.39 is 5.60 Å². The number of rotatable bonds is 2. The van der Waals surface area contributed by atoms with Crippen LogP contribution in [0, 0.1) is 0 Å². The van der Waals surface area contributed by atoms with Gasteiger partial charge in [-0.05, 0) is 33.3 Å². The minimum absolute atomic E-state index is 0.0753. The van der Waals surface area contributed by atoms with Crippen LogP contribution in [-0.4, -0.2) is 17.5 Å². The summed E-state index contributed by atoms with van der Waals surface area (Å²) in [6.07, 6.45) is 0.260. The number of nitrogens with one attached hydrogen (secondary N) is 1. The summed E-state index contributed by atoms with van der Waals surface area (Å²) in [5, 5.41) is 2.74. The van der Waals surface area contributed by atoms with E-state index in [-0.39, 0.29) is 24.2 Å². The molecule has 0 bridgehead atoms. The molecule has 1 atom stereocenters. The molecule has 1 heterocycles. The smallest absolute Gasteiger partial charge is 0.336 e. The standard InChI is InChI=1S/C17H21NO3/c1-11-15(16(20)21-17(2,3)4)13(10-14(19)18-11)12-8-6-5-7-9-12/h5-9,13H,10H2,1-4H3,(H,18,19)/t13-/m0/s1. The lowest BCUT2D eigenvalue weighted by atomic mass is 9.84. The first kappa shape index (κ1) is 15.3. The molecule has 1 aromatic rings. The predicted molar refractivity (Wildman–Crippen MR) is 80.5 cm³/mol. The van der Waals surface area contributed by atoms with Crippen LogP contribution in [0.4, 0.5) is 0 Å². The third-order valence-electron chi connectivity index (χ3n) is 3.29. The number of hydrogen-bond acceptors (Lipinski definition) is 3. The molecule has 0 spiro atoms. The molecule has 1 aliphatic heterocycles. The minimum atomic E-state index is -0.562. The topological polar surface area (TPSA) is 55.4 Å². The van der Waals surface area contributed by atoms with Crippen LogP contribution in [0.3, 0.4) is 0 Å². The SMILES string of the molecule is CC1=C(C(=O)OC(C)(C)C)[C@H](c2ccccc2)CC(=O)N1. The summed E-state index contributed by atoms with van der Waals surface area (Å²) in [5.41, 5.74) is 1.50. The van der Waals surface area contributed by atoms with Crippen molar-refractivity contribution in [2.75, 3.05) is 0 Å². The second kappa shape index (κ2) is 5.72. The highest BCUT2D eigenvalue weighted by Gasteiger charge is 2.34. The number of esters is 1. The van der Waals surface area contributed by atoms with Crippen molar-refractivity contribution in [1.29, 1.82) is 0 Å². The lowest BCUT2D eigenvalue weighted by Gasteiger charge is -2.29. The van der Waals surface area contributed by atoms with Crippen molar-refractivity contribution in [3.63, 3.8) is 0 Å². The molecule has 2 rings (SSSR count). The molecule has 4 nitrogen and oxygen atoms in total. The zero-order valence-electron chi connectivity index (χ0n) is 12.9. The van der Waals surface area contributed by atoms with E-state index in [0.29, 0.717) is 11.3 Å². The molecule has 0 unspecified atom stereocenters. The van der Waals surface area contributed by atoms with Crippen LogP contribution in [-0.2, 0) is 14.3 Å². The number of amides is 1. The van der Waals surface area contributed by atoms with Gasteiger partial charge in [-0.25, -0.2) is 4.79 Å². The second-order valence-corrected chi connectivity index (χ2v) is 6.26. The maximum absolute atomic E-state index is 12.5. The first-order valence-corrected chi connectivity index (χ1v) is 7.07. The number of hydrogen-bond donors (Lipinski definition) is 1. The lowest BCUT2D eigenvalue weighted by molar-refractivity contribution is -0.150. The van der Waals surface area contributed by atoms with Gasteiger partial charge < -0.3 is 10.1 Å². The Morgan fingerprint density at radius 1 is 1.24 bits per heavy atom. The monoisotopic (exact) mass is 287 g/mol. The van der Waals surface area contributed by atoms with E-state index in [1.807, 2.05) is 51.1 Å². The van der Waals surface area contributed by atoms with Crippen LogP contribution in [0.1, 0.15) is 45.6 Å². The van der Waals surface area contributed by atoms with Gasteiger partial charge in [0.25, 0.3) is 0 Å². The zero-order valence-corrected chi connectivity index (χ0v) is 12.9. The summed E-state index contributed by atoms with van der Waals surface area (Å²) in [6.45, 7) is 7.24. The van der Waals surface area contributed by atoms with Crippen molar-refractivity contribution in [2.24, 2.45) is 0 Å². The van der Waals surface area contributed by atoms with Crippen LogP contribution in [0.5, 0.6) is 0 Å². The minimum Gasteiger partial charge on any atom is -0.457 e. The Morgan fingerprint density at radius 2 is 1.86 bits per heavy atom. The highest BCUT2D eigenvalue weighted by molar-refractivity contribution is 5.96. The van der Waals surface area contributed by atoms with Gasteiger partial charge in [0, 0.05) is 18.0 Å². The molecule has 21 heavy (non-hydrogen) atoms. The van der Waals surface area contributed by atoms with Gasteiger partial charge in [-0.3, -0.25) is 4.79 Å². The summed E-state index contributed by atoms with van der Waals surface area (Å²) in [5.74, 6) is -0.697. The van der Waals surface area contributed by atoms with Crippen molar-refractivity contribution in [3.05, 3.63) is 47.2 Å². The lowest BCUT2D eigenvalue weighted by Crippen LogP contribution is -2.36. The van der Waals surface area contributed by atoms with E-state index in [4.69, 9.17) is 4.74 Å². The fraction of sp³-hybridized carbons (Fsp3) is 0.412. The number of carbonyl (C=O) groups excluding carboxylic acids is 2. The first-order valence-electron chi connectivity index (χ1n) is 7.07. The van der Waals surface area contributed by atoms with Crippen molar-refractivity contribution >= 4 is 11.9 Å². The largest absolute Gasteiger partial charge is 0.457 e. The fourth-order valence-electron chi connectivity index (χ4n) is 2.47. The third-order valence-corrected chi connectivity index (χ3v) is 3.29. The van der Waals surface area contributed by atoms with Crippen molar-refractivity contribution in [2.45, 2.75) is 45.6 Å². The summed E-state index contributed by atoms with van der Waals surface area (Å²) in [7, 11) is 0. The highest BCUT2D eigenvalue weighted by Crippen LogP contribution is 2.34. The summed E-state index contributed by atoms with van der Waals surface area (Å²) in [6, 6.07) is 9.59. The maximum atomic E-state index is 12.5. The van der Waals surface area contributed by atoms with Crippen LogP contribution < -0.4 is 5.32 Å². The van der Waals surface area contributed by atoms with E-state index in [1.165, 1.54) is 0 Å². The number of allylic oxidation sites excluding steroid dienone is 1. The summed E-state index contributed by atoms with van der Waals surface area (Å²) < 4.78 is 5.49. The Morgan fingerprint density at radius 3 is 2.43 bits per heavy atom. The van der Waals surface area contributed by atoms with Gasteiger partial charge in [0.15, 0.2) is 0 Å². The van der Waals surface area contributed by atoms with E-state index in [1.54, 1.807) is 6.92 Å². The molecule has 4 heteroatoms. The van der Waals surface area contributed by atoms with Gasteiger partial charge in [-0.2, -0.15) is 0 Å². The Kier molecular flexibility index (Phi) is 4.16. The number of ether oxygens (including phenoxy) is 1. The quantitative estimate of drug-likeness (QED) is 0.851. The molecule has 1 aromatic carbocycles. The maximum Gasteiger partial charge on any atom is 0.336 e. The van der Waals surface area contributed by atoms with Crippen molar-refractivity contribution < 1.29 is 14.3 Å². The number of carbonyl (C=O) groups is 2. The normalized spacial score (nSPS) is 19.2. The van der Waals surface area contributed by atoms with E-state index >= 15 is 0 Å². The van der Waals surface area contributed by atoms with Gasteiger partial charge in [-0.15, -0.1) is 0 Å². The van der Waals surface area contributed by atoms with E-state index in [0.717, 1.165) is 5.56 Å². The predicted octanol–water partition coefficient (Wildman–Crippen LogP) is 2.91. The van der Waals surface area contributed by atoms with Gasteiger partial charge in [-0.1, -0.05) is 30.3 Å². The van der Waals surface area contributed by atoms with E-state index in [9.17, 15) is 9.59 Å². The Balaban J connectivity index is 2.40. The third kappa shape index (κ3) is 3.72. The van der Waals surface area contributed by atoms with Crippen LogP contribution >= 0.6 is 0 Å². The fourth-order valence-corrected chi connectivity index (χ4v) is 2.47. The highest BCUT2D eigenvalue weighted by atomic mass is 16.6. The molecular weight excluding hydrogens is 266 g/mol. The second-order valence-electron chi connectivity index (χ2n) is 6.26. The van der Waals surface area contributed by atoms with E-state index in [2.05, 4.69) is 5.32 Å². The first-order chi connectivity index (χ1) is 9.78. The molecule has 0 fully saturated rings. The molecule has 0 radical (unpaired) electrons. The summed E-state index contributed by atoms with van der Waals surface area (Å²) >= 11 is 0. The van der Waals surface area contributed by atoms with Gasteiger partial charge in [0.2, 0.25) is 5.91 Å². The van der Waals surface area contributed by atoms with Gasteiger partial charge >= 0.3 is 5.97 Å². The number of benzene rings is 1. The van der Waals surface area contributed by atoms with Crippen LogP contribution in [0.15, 0.2) is 41.6 Å². The Bertz CT molecular complexity index is 582. The summed E-state index contributed by atoms with van der Waals surface area (Å²) in [4.78, 5) is 24.3.